The molecule has 0 amide bonds. The highest BCUT2D eigenvalue weighted by atomic mass is 79.9. The van der Waals surface area contributed by atoms with Gasteiger partial charge in [0.25, 0.3) is 0 Å². The molecule has 0 aliphatic carbocycles. The van der Waals surface area contributed by atoms with Crippen LogP contribution in [-0.2, 0) is 6.54 Å². The van der Waals surface area contributed by atoms with Crippen LogP contribution in [0.25, 0.3) is 21.8 Å². The molecule has 5 heteroatoms. The zero-order valence-corrected chi connectivity index (χ0v) is 16.1. The second-order valence-corrected chi connectivity index (χ2v) is 7.46. The van der Waals surface area contributed by atoms with Crippen LogP contribution >= 0.6 is 15.9 Å². The normalized spacial score (nSPS) is 12.6. The lowest BCUT2D eigenvalue weighted by Crippen LogP contribution is -2.25. The molecule has 2 aromatic carbocycles. The molecule has 132 valence electrons. The second-order valence-electron chi connectivity index (χ2n) is 6.54. The van der Waals surface area contributed by atoms with Crippen LogP contribution in [0.3, 0.4) is 0 Å². The maximum absolute atomic E-state index is 10.6. The van der Waals surface area contributed by atoms with Gasteiger partial charge in [0.2, 0.25) is 0 Å². The molecule has 4 rings (SSSR count). The van der Waals surface area contributed by atoms with Gasteiger partial charge in [-0.05, 0) is 49.4 Å². The van der Waals surface area contributed by atoms with Gasteiger partial charge in [0.1, 0.15) is 5.82 Å². The number of aliphatic hydroxyl groups is 1. The van der Waals surface area contributed by atoms with Crippen molar-refractivity contribution < 1.29 is 5.11 Å². The molecule has 2 aromatic heterocycles. The van der Waals surface area contributed by atoms with E-state index in [1.807, 2.05) is 24.3 Å². The number of benzene rings is 2. The van der Waals surface area contributed by atoms with Crippen LogP contribution in [0.1, 0.15) is 5.56 Å². The van der Waals surface area contributed by atoms with E-state index >= 15 is 0 Å². The van der Waals surface area contributed by atoms with E-state index in [4.69, 9.17) is 0 Å². The summed E-state index contributed by atoms with van der Waals surface area (Å²) in [6.07, 6.45) is 1.21. The number of fused-ring (bicyclic) bond motifs is 3. The third-order valence-corrected chi connectivity index (χ3v) is 5.05. The molecule has 0 fully saturated rings. The Balaban J connectivity index is 1.66. The summed E-state index contributed by atoms with van der Waals surface area (Å²) in [6, 6.07) is 18.5. The van der Waals surface area contributed by atoms with Crippen molar-refractivity contribution in [2.75, 3.05) is 11.9 Å². The molecule has 0 aliphatic heterocycles. The molecule has 0 aliphatic rings. The fourth-order valence-corrected chi connectivity index (χ4v) is 3.71. The molecule has 0 bridgehead atoms. The number of aliphatic hydroxyl groups excluding tert-OH is 1. The predicted octanol–water partition coefficient (Wildman–Crippen LogP) is 4.73. The summed E-state index contributed by atoms with van der Waals surface area (Å²) in [5, 5.41) is 16.2. The molecule has 0 radical (unpaired) electrons. The fraction of sp³-hybridized carbons (Fsp3) is 0.190. The Bertz CT molecular complexity index is 1000. The second kappa shape index (κ2) is 7.09. The summed E-state index contributed by atoms with van der Waals surface area (Å²) in [4.78, 5) is 4.23. The summed E-state index contributed by atoms with van der Waals surface area (Å²) < 4.78 is 3.25. The Morgan fingerprint density at radius 2 is 1.85 bits per heavy atom. The minimum Gasteiger partial charge on any atom is -0.389 e. The number of anilines is 1. The molecular formula is C21H20BrN3O. The summed E-state index contributed by atoms with van der Waals surface area (Å²) >= 11 is 3.57. The number of pyridine rings is 1. The Labute approximate surface area is 160 Å². The highest BCUT2D eigenvalue weighted by Gasteiger charge is 2.14. The molecule has 1 unspecified atom stereocenters. The molecule has 0 saturated carbocycles. The fourth-order valence-electron chi connectivity index (χ4n) is 3.35. The number of nitrogens with one attached hydrogen (secondary N) is 1. The van der Waals surface area contributed by atoms with Crippen molar-refractivity contribution in [2.24, 2.45) is 0 Å². The molecule has 0 saturated heterocycles. The number of hydrogen-bond acceptors (Lipinski definition) is 3. The number of nitrogens with zero attached hydrogens (tertiary/aromatic N) is 2. The summed E-state index contributed by atoms with van der Waals surface area (Å²) in [5.74, 6) is 0.772. The van der Waals surface area contributed by atoms with Crippen LogP contribution in [0.4, 0.5) is 5.82 Å². The topological polar surface area (TPSA) is 50.1 Å². The van der Waals surface area contributed by atoms with Gasteiger partial charge in [0.15, 0.2) is 0 Å². The average Bonchev–Trinajstić information content (AvgIpc) is 2.93. The van der Waals surface area contributed by atoms with E-state index in [-0.39, 0.29) is 0 Å². The van der Waals surface area contributed by atoms with E-state index in [1.54, 1.807) is 6.20 Å². The van der Waals surface area contributed by atoms with Gasteiger partial charge in [-0.25, -0.2) is 4.98 Å². The SMILES string of the molecule is Cc1ccc2c(c1)c1cc(Br)ccc1n2CC(O)CNc1ccccn1. The van der Waals surface area contributed by atoms with Gasteiger partial charge >= 0.3 is 0 Å². The van der Waals surface area contributed by atoms with Crippen LogP contribution < -0.4 is 5.32 Å². The van der Waals surface area contributed by atoms with Gasteiger partial charge < -0.3 is 15.0 Å². The zero-order chi connectivity index (χ0) is 18.1. The highest BCUT2D eigenvalue weighted by Crippen LogP contribution is 2.32. The first-order valence-electron chi connectivity index (χ1n) is 8.63. The third-order valence-electron chi connectivity index (χ3n) is 4.56. The summed E-state index contributed by atoms with van der Waals surface area (Å²) in [7, 11) is 0. The van der Waals surface area contributed by atoms with Crippen molar-refractivity contribution in [3.8, 4) is 0 Å². The monoisotopic (exact) mass is 409 g/mol. The number of rotatable bonds is 5. The highest BCUT2D eigenvalue weighted by molar-refractivity contribution is 9.10. The largest absolute Gasteiger partial charge is 0.389 e. The van der Waals surface area contributed by atoms with Gasteiger partial charge in [-0.15, -0.1) is 0 Å². The Hall–Kier alpha value is -2.37. The lowest BCUT2D eigenvalue weighted by Gasteiger charge is -2.15. The predicted molar refractivity (Wildman–Crippen MR) is 111 cm³/mol. The standard InChI is InChI=1S/C21H20BrN3O/c1-14-5-7-19-17(10-14)18-11-15(22)6-8-20(18)25(19)13-16(26)12-24-21-4-2-3-9-23-21/h2-11,16,26H,12-13H2,1H3,(H,23,24). The van der Waals surface area contributed by atoms with Crippen molar-refractivity contribution in [1.82, 2.24) is 9.55 Å². The lowest BCUT2D eigenvalue weighted by molar-refractivity contribution is 0.169. The molecule has 2 N–H and O–H groups in total. The molecule has 1 atom stereocenters. The Morgan fingerprint density at radius 1 is 1.08 bits per heavy atom. The van der Waals surface area contributed by atoms with Crippen molar-refractivity contribution in [3.63, 3.8) is 0 Å². The first-order chi connectivity index (χ1) is 12.6. The molecule has 0 spiro atoms. The minimum atomic E-state index is -0.527. The average molecular weight is 410 g/mol. The molecule has 26 heavy (non-hydrogen) atoms. The lowest BCUT2D eigenvalue weighted by atomic mass is 10.1. The van der Waals surface area contributed by atoms with Gasteiger partial charge in [-0.1, -0.05) is 33.6 Å². The minimum absolute atomic E-state index is 0.445. The van der Waals surface area contributed by atoms with Crippen LogP contribution in [0, 0.1) is 6.92 Å². The van der Waals surface area contributed by atoms with Crippen molar-refractivity contribution in [3.05, 3.63) is 70.8 Å². The molecular weight excluding hydrogens is 390 g/mol. The van der Waals surface area contributed by atoms with Crippen molar-refractivity contribution in [2.45, 2.75) is 19.6 Å². The van der Waals surface area contributed by atoms with E-state index in [0.717, 1.165) is 21.3 Å². The number of aryl methyl sites for hydroxylation is 1. The van der Waals surface area contributed by atoms with E-state index < -0.39 is 6.10 Å². The van der Waals surface area contributed by atoms with Gasteiger partial charge in [0, 0.05) is 39.0 Å². The number of aromatic nitrogens is 2. The van der Waals surface area contributed by atoms with Crippen LogP contribution in [0.2, 0.25) is 0 Å². The van der Waals surface area contributed by atoms with Crippen LogP contribution in [0.5, 0.6) is 0 Å². The number of hydrogen-bond donors (Lipinski definition) is 2. The van der Waals surface area contributed by atoms with E-state index in [0.29, 0.717) is 13.1 Å². The zero-order valence-electron chi connectivity index (χ0n) is 14.5. The van der Waals surface area contributed by atoms with E-state index in [1.165, 1.54) is 16.3 Å². The van der Waals surface area contributed by atoms with Crippen molar-refractivity contribution >= 4 is 43.6 Å². The van der Waals surface area contributed by atoms with Gasteiger partial charge in [0.05, 0.1) is 12.6 Å². The Kier molecular flexibility index (Phi) is 4.66. The van der Waals surface area contributed by atoms with Crippen LogP contribution in [0.15, 0.2) is 65.3 Å². The summed E-state index contributed by atoms with van der Waals surface area (Å²) in [5.41, 5.74) is 3.50. The quantitative estimate of drug-likeness (QED) is 0.500. The molecule has 4 nitrogen and oxygen atoms in total. The van der Waals surface area contributed by atoms with E-state index in [9.17, 15) is 5.11 Å². The maximum Gasteiger partial charge on any atom is 0.125 e. The first-order valence-corrected chi connectivity index (χ1v) is 9.42. The molecule has 4 aromatic rings. The maximum atomic E-state index is 10.6. The van der Waals surface area contributed by atoms with Crippen molar-refractivity contribution in [1.29, 1.82) is 0 Å². The van der Waals surface area contributed by atoms with E-state index in [2.05, 4.69) is 68.1 Å². The number of halogens is 1. The van der Waals surface area contributed by atoms with Gasteiger partial charge in [-0.2, -0.15) is 0 Å². The Morgan fingerprint density at radius 3 is 2.62 bits per heavy atom. The molecule has 2 heterocycles. The van der Waals surface area contributed by atoms with Gasteiger partial charge in [-0.3, -0.25) is 0 Å². The third kappa shape index (κ3) is 3.32. The van der Waals surface area contributed by atoms with Crippen LogP contribution in [-0.4, -0.2) is 27.3 Å². The smallest absolute Gasteiger partial charge is 0.125 e. The summed E-state index contributed by atoms with van der Waals surface area (Å²) in [6.45, 7) is 3.07. The first kappa shape index (κ1) is 17.1.